The molecule has 4 rings (SSSR count). The predicted octanol–water partition coefficient (Wildman–Crippen LogP) is 6.16. The van der Waals surface area contributed by atoms with Crippen LogP contribution < -0.4 is 9.62 Å². The zero-order chi connectivity index (χ0) is 30.4. The highest BCUT2D eigenvalue weighted by Crippen LogP contribution is 2.31. The normalized spacial score (nSPS) is 14.7. The van der Waals surface area contributed by atoms with E-state index in [0.29, 0.717) is 10.6 Å². The molecular weight excluding hydrogens is 577 g/mol. The summed E-state index contributed by atoms with van der Waals surface area (Å²) < 4.78 is 43.8. The van der Waals surface area contributed by atoms with Gasteiger partial charge in [0.15, 0.2) is 0 Å². The third-order valence-corrected chi connectivity index (χ3v) is 10.00. The van der Waals surface area contributed by atoms with Crippen molar-refractivity contribution in [3.8, 4) is 0 Å². The number of nitrogens with one attached hydrogen (secondary N) is 1. The lowest BCUT2D eigenvalue weighted by Crippen LogP contribution is -2.53. The SMILES string of the molecule is Cc1ccc(S(=O)(=O)N(CC(=O)N(Cc2ccccc2F)[C@@H](C)C(=O)NC2CCCCC2)c2cccc(Cl)c2C)cc1. The van der Waals surface area contributed by atoms with Crippen molar-refractivity contribution in [2.75, 3.05) is 10.8 Å². The molecule has 10 heteroatoms. The van der Waals surface area contributed by atoms with E-state index in [2.05, 4.69) is 5.32 Å². The Kier molecular flexibility index (Phi) is 10.3. The van der Waals surface area contributed by atoms with Crippen LogP contribution in [0.4, 0.5) is 10.1 Å². The van der Waals surface area contributed by atoms with Gasteiger partial charge in [0.05, 0.1) is 10.6 Å². The monoisotopic (exact) mass is 613 g/mol. The number of nitrogens with zero attached hydrogens (tertiary/aromatic N) is 2. The molecule has 0 bridgehead atoms. The van der Waals surface area contributed by atoms with E-state index < -0.39 is 34.3 Å². The van der Waals surface area contributed by atoms with Crippen molar-refractivity contribution in [1.29, 1.82) is 0 Å². The maximum absolute atomic E-state index is 14.8. The molecule has 0 spiro atoms. The van der Waals surface area contributed by atoms with E-state index in [1.54, 1.807) is 62.4 Å². The van der Waals surface area contributed by atoms with Gasteiger partial charge in [-0.05, 0) is 69.5 Å². The van der Waals surface area contributed by atoms with E-state index in [0.717, 1.165) is 42.0 Å². The van der Waals surface area contributed by atoms with Crippen molar-refractivity contribution in [1.82, 2.24) is 10.2 Å². The van der Waals surface area contributed by atoms with E-state index in [-0.39, 0.29) is 34.6 Å². The average molecular weight is 614 g/mol. The summed E-state index contributed by atoms with van der Waals surface area (Å²) in [5.41, 5.74) is 1.81. The molecule has 1 aliphatic carbocycles. The number of sulfonamides is 1. The molecule has 0 aliphatic heterocycles. The second kappa shape index (κ2) is 13.7. The van der Waals surface area contributed by atoms with Crippen molar-refractivity contribution in [3.05, 3.63) is 94.3 Å². The van der Waals surface area contributed by atoms with Gasteiger partial charge in [-0.1, -0.05) is 72.8 Å². The Morgan fingerprint density at radius 2 is 1.64 bits per heavy atom. The lowest BCUT2D eigenvalue weighted by molar-refractivity contribution is -0.139. The first kappa shape index (κ1) is 31.5. The lowest BCUT2D eigenvalue weighted by atomic mass is 9.95. The highest BCUT2D eigenvalue weighted by atomic mass is 35.5. The zero-order valence-electron chi connectivity index (χ0n) is 24.1. The van der Waals surface area contributed by atoms with Gasteiger partial charge in [0.1, 0.15) is 18.4 Å². The first-order chi connectivity index (χ1) is 20.0. The summed E-state index contributed by atoms with van der Waals surface area (Å²) in [6.07, 6.45) is 4.87. The van der Waals surface area contributed by atoms with Crippen LogP contribution in [0, 0.1) is 19.7 Å². The number of aryl methyl sites for hydroxylation is 1. The van der Waals surface area contributed by atoms with E-state index in [1.165, 1.54) is 23.1 Å². The number of halogens is 2. The molecule has 7 nitrogen and oxygen atoms in total. The molecule has 0 radical (unpaired) electrons. The van der Waals surface area contributed by atoms with Crippen LogP contribution in [0.3, 0.4) is 0 Å². The molecule has 0 heterocycles. The number of benzene rings is 3. The minimum atomic E-state index is -4.24. The molecule has 3 aromatic rings. The molecule has 42 heavy (non-hydrogen) atoms. The van der Waals surface area contributed by atoms with Gasteiger partial charge in [0.2, 0.25) is 11.8 Å². The maximum Gasteiger partial charge on any atom is 0.264 e. The van der Waals surface area contributed by atoms with Crippen LogP contribution in [0.15, 0.2) is 71.6 Å². The molecule has 1 saturated carbocycles. The molecular formula is C32H37ClFN3O4S. The van der Waals surface area contributed by atoms with Gasteiger partial charge < -0.3 is 10.2 Å². The largest absolute Gasteiger partial charge is 0.352 e. The predicted molar refractivity (Wildman–Crippen MR) is 163 cm³/mol. The summed E-state index contributed by atoms with van der Waals surface area (Å²) in [5.74, 6) is -1.54. The third kappa shape index (κ3) is 7.31. The molecule has 2 amide bonds. The molecule has 1 aliphatic rings. The first-order valence-electron chi connectivity index (χ1n) is 14.2. The minimum absolute atomic E-state index is 0.00372. The highest BCUT2D eigenvalue weighted by molar-refractivity contribution is 7.92. The maximum atomic E-state index is 14.8. The smallest absolute Gasteiger partial charge is 0.264 e. The van der Waals surface area contributed by atoms with Crippen molar-refractivity contribution in [2.45, 2.75) is 76.4 Å². The van der Waals surface area contributed by atoms with Gasteiger partial charge >= 0.3 is 0 Å². The third-order valence-electron chi connectivity index (χ3n) is 7.81. The molecule has 1 atom stereocenters. The average Bonchev–Trinajstić information content (AvgIpc) is 2.97. The van der Waals surface area contributed by atoms with Gasteiger partial charge in [-0.2, -0.15) is 0 Å². The van der Waals surface area contributed by atoms with Crippen LogP contribution >= 0.6 is 11.6 Å². The Morgan fingerprint density at radius 1 is 0.976 bits per heavy atom. The standard InChI is InChI=1S/C32H37ClFN3O4S/c1-22-16-18-27(19-17-22)42(40,41)37(30-15-9-13-28(33)23(30)2)21-31(38)36(20-25-10-7-8-14-29(25)34)24(3)32(39)35-26-11-5-4-6-12-26/h7-10,13-19,24,26H,4-6,11-12,20-21H2,1-3H3,(H,35,39)/t24-/m0/s1. The number of hydrogen-bond donors (Lipinski definition) is 1. The summed E-state index contributed by atoms with van der Waals surface area (Å²) >= 11 is 6.37. The van der Waals surface area contributed by atoms with Crippen molar-refractivity contribution < 1.29 is 22.4 Å². The second-order valence-corrected chi connectivity index (χ2v) is 13.1. The summed E-state index contributed by atoms with van der Waals surface area (Å²) in [6.45, 7) is 4.28. The van der Waals surface area contributed by atoms with Gasteiger partial charge in [-0.25, -0.2) is 12.8 Å². The highest BCUT2D eigenvalue weighted by Gasteiger charge is 2.34. The zero-order valence-corrected chi connectivity index (χ0v) is 25.7. The summed E-state index contributed by atoms with van der Waals surface area (Å²) in [7, 11) is -4.24. The molecule has 0 saturated heterocycles. The molecule has 3 aromatic carbocycles. The van der Waals surface area contributed by atoms with Crippen LogP contribution in [-0.2, 0) is 26.2 Å². The van der Waals surface area contributed by atoms with Gasteiger partial charge in [0.25, 0.3) is 10.0 Å². The number of carbonyl (C=O) groups is 2. The van der Waals surface area contributed by atoms with Crippen LogP contribution in [0.5, 0.6) is 0 Å². The number of carbonyl (C=O) groups excluding carboxylic acids is 2. The van der Waals surface area contributed by atoms with Gasteiger partial charge in [-0.15, -0.1) is 0 Å². The first-order valence-corrected chi connectivity index (χ1v) is 16.0. The van der Waals surface area contributed by atoms with E-state index in [1.807, 2.05) is 6.92 Å². The Morgan fingerprint density at radius 3 is 2.31 bits per heavy atom. The number of anilines is 1. The minimum Gasteiger partial charge on any atom is -0.352 e. The quantitative estimate of drug-likeness (QED) is 0.297. The summed E-state index contributed by atoms with van der Waals surface area (Å²) in [5, 5.41) is 3.38. The van der Waals surface area contributed by atoms with E-state index in [4.69, 9.17) is 11.6 Å². The lowest BCUT2D eigenvalue weighted by Gasteiger charge is -2.33. The number of hydrogen-bond acceptors (Lipinski definition) is 4. The Balaban J connectivity index is 1.72. The van der Waals surface area contributed by atoms with E-state index >= 15 is 0 Å². The van der Waals surface area contributed by atoms with Crippen LogP contribution in [0.1, 0.15) is 55.7 Å². The second-order valence-electron chi connectivity index (χ2n) is 10.8. The van der Waals surface area contributed by atoms with Gasteiger partial charge in [-0.3, -0.25) is 13.9 Å². The topological polar surface area (TPSA) is 86.8 Å². The molecule has 0 unspecified atom stereocenters. The van der Waals surface area contributed by atoms with Crippen molar-refractivity contribution >= 4 is 39.1 Å². The molecule has 224 valence electrons. The fourth-order valence-corrected chi connectivity index (χ4v) is 6.82. The van der Waals surface area contributed by atoms with Crippen molar-refractivity contribution in [3.63, 3.8) is 0 Å². The molecule has 1 fully saturated rings. The number of amides is 2. The van der Waals surface area contributed by atoms with Gasteiger partial charge in [0, 0.05) is 23.2 Å². The molecule has 1 N–H and O–H groups in total. The Hall–Kier alpha value is -3.43. The Bertz CT molecular complexity index is 1520. The van der Waals surface area contributed by atoms with Crippen LogP contribution in [-0.4, -0.2) is 43.8 Å². The fraction of sp³-hybridized carbons (Fsp3) is 0.375. The fourth-order valence-electron chi connectivity index (χ4n) is 5.18. The van der Waals surface area contributed by atoms with Crippen LogP contribution in [0.25, 0.3) is 0 Å². The Labute approximate surface area is 252 Å². The molecule has 0 aromatic heterocycles. The number of rotatable bonds is 10. The van der Waals surface area contributed by atoms with Crippen molar-refractivity contribution in [2.24, 2.45) is 0 Å². The van der Waals surface area contributed by atoms with E-state index in [9.17, 15) is 22.4 Å². The summed E-state index contributed by atoms with van der Waals surface area (Å²) in [4.78, 5) is 28.7. The van der Waals surface area contributed by atoms with Crippen LogP contribution in [0.2, 0.25) is 5.02 Å². The summed E-state index contributed by atoms with van der Waals surface area (Å²) in [6, 6.07) is 16.2.